The summed E-state index contributed by atoms with van der Waals surface area (Å²) in [5, 5.41) is 3.38. The first kappa shape index (κ1) is 18.4. The van der Waals surface area contributed by atoms with Gasteiger partial charge in [0.2, 0.25) is 0 Å². The summed E-state index contributed by atoms with van der Waals surface area (Å²) in [6.07, 6.45) is 2.51. The highest BCUT2D eigenvalue weighted by Crippen LogP contribution is 2.18. The van der Waals surface area contributed by atoms with E-state index in [2.05, 4.69) is 24.1 Å². The smallest absolute Gasteiger partial charge is 0.327 e. The molecule has 0 radical (unpaired) electrons. The van der Waals surface area contributed by atoms with E-state index in [1.165, 1.54) is 0 Å². The normalized spacial score (nSPS) is 23.0. The van der Waals surface area contributed by atoms with Crippen LogP contribution in [0.3, 0.4) is 0 Å². The summed E-state index contributed by atoms with van der Waals surface area (Å²) in [6, 6.07) is 0.229. The summed E-state index contributed by atoms with van der Waals surface area (Å²) in [5.41, 5.74) is -0.668. The molecule has 5 heteroatoms. The molecule has 1 fully saturated rings. The van der Waals surface area contributed by atoms with Crippen molar-refractivity contribution in [2.24, 2.45) is 0 Å². The van der Waals surface area contributed by atoms with E-state index in [9.17, 15) is 4.79 Å². The Morgan fingerprint density at radius 1 is 1.38 bits per heavy atom. The third kappa shape index (κ3) is 5.93. The number of hydrogen-bond donors (Lipinski definition) is 1. The van der Waals surface area contributed by atoms with Gasteiger partial charge < -0.3 is 9.47 Å². The minimum Gasteiger partial charge on any atom is -0.465 e. The number of likely N-dealkylation sites (tertiary alicyclic amines) is 1. The highest BCUT2D eigenvalue weighted by Gasteiger charge is 2.38. The zero-order valence-electron chi connectivity index (χ0n) is 14.3. The summed E-state index contributed by atoms with van der Waals surface area (Å²) >= 11 is 0. The van der Waals surface area contributed by atoms with Crippen molar-refractivity contribution in [3.05, 3.63) is 0 Å². The van der Waals surface area contributed by atoms with Gasteiger partial charge in [-0.25, -0.2) is 0 Å². The summed E-state index contributed by atoms with van der Waals surface area (Å²) < 4.78 is 11.0. The van der Waals surface area contributed by atoms with Crippen LogP contribution in [-0.4, -0.2) is 61.4 Å². The molecule has 1 saturated heterocycles. The number of piperidine rings is 1. The Bertz CT molecular complexity index is 321. The van der Waals surface area contributed by atoms with Crippen LogP contribution in [0.2, 0.25) is 0 Å². The lowest BCUT2D eigenvalue weighted by molar-refractivity contribution is -0.152. The lowest BCUT2D eigenvalue weighted by Gasteiger charge is -2.39. The van der Waals surface area contributed by atoms with Gasteiger partial charge in [0.05, 0.1) is 12.7 Å². The molecule has 1 heterocycles. The molecule has 0 saturated carbocycles. The van der Waals surface area contributed by atoms with Crippen LogP contribution in [0.4, 0.5) is 0 Å². The molecule has 0 amide bonds. The van der Waals surface area contributed by atoms with Gasteiger partial charge in [-0.2, -0.15) is 0 Å². The molecule has 0 aliphatic carbocycles. The number of nitrogens with zero attached hydrogens (tertiary/aromatic N) is 1. The molecule has 0 aromatic carbocycles. The van der Waals surface area contributed by atoms with Crippen molar-refractivity contribution in [1.29, 1.82) is 0 Å². The van der Waals surface area contributed by atoms with E-state index in [0.29, 0.717) is 13.2 Å². The predicted octanol–water partition coefficient (Wildman–Crippen LogP) is 1.81. The Morgan fingerprint density at radius 2 is 2.10 bits per heavy atom. The molecule has 0 bridgehead atoms. The number of esters is 1. The van der Waals surface area contributed by atoms with Gasteiger partial charge in [0.15, 0.2) is 0 Å². The van der Waals surface area contributed by atoms with Crippen LogP contribution >= 0.6 is 0 Å². The minimum atomic E-state index is -0.668. The lowest BCUT2D eigenvalue weighted by atomic mass is 9.98. The molecule has 0 spiro atoms. The van der Waals surface area contributed by atoms with Gasteiger partial charge >= 0.3 is 5.97 Å². The van der Waals surface area contributed by atoms with E-state index < -0.39 is 5.54 Å². The highest BCUT2D eigenvalue weighted by molar-refractivity contribution is 5.80. The third-order valence-corrected chi connectivity index (χ3v) is 3.74. The van der Waals surface area contributed by atoms with Crippen LogP contribution in [0.25, 0.3) is 0 Å². The second kappa shape index (κ2) is 8.71. The lowest BCUT2D eigenvalue weighted by Crippen LogP contribution is -2.60. The Labute approximate surface area is 129 Å². The van der Waals surface area contributed by atoms with Gasteiger partial charge in [-0.05, 0) is 54.0 Å². The fraction of sp³-hybridized carbons (Fsp3) is 0.938. The minimum absolute atomic E-state index is 0.169. The van der Waals surface area contributed by atoms with Gasteiger partial charge in [0.1, 0.15) is 5.54 Å². The van der Waals surface area contributed by atoms with E-state index in [0.717, 1.165) is 32.5 Å². The van der Waals surface area contributed by atoms with Crippen LogP contribution in [0.5, 0.6) is 0 Å². The summed E-state index contributed by atoms with van der Waals surface area (Å²) in [7, 11) is 0. The van der Waals surface area contributed by atoms with Crippen LogP contribution in [-0.2, 0) is 14.3 Å². The van der Waals surface area contributed by atoms with Crippen LogP contribution in [0.15, 0.2) is 0 Å². The molecule has 5 nitrogen and oxygen atoms in total. The second-order valence-corrected chi connectivity index (χ2v) is 6.31. The first-order valence-electron chi connectivity index (χ1n) is 8.20. The first-order valence-corrected chi connectivity index (χ1v) is 8.20. The topological polar surface area (TPSA) is 50.8 Å². The van der Waals surface area contributed by atoms with E-state index in [4.69, 9.17) is 9.47 Å². The summed E-state index contributed by atoms with van der Waals surface area (Å²) in [6.45, 7) is 13.6. The fourth-order valence-corrected chi connectivity index (χ4v) is 3.07. The molecule has 1 aliphatic heterocycles. The van der Waals surface area contributed by atoms with Crippen molar-refractivity contribution in [3.8, 4) is 0 Å². The van der Waals surface area contributed by atoms with Gasteiger partial charge in [-0.3, -0.25) is 15.0 Å². The molecular weight excluding hydrogens is 268 g/mol. The average molecular weight is 300 g/mol. The zero-order chi connectivity index (χ0) is 15.9. The van der Waals surface area contributed by atoms with E-state index in [1.807, 2.05) is 20.8 Å². The van der Waals surface area contributed by atoms with Crippen LogP contribution < -0.4 is 5.32 Å². The Balaban J connectivity index is 2.68. The molecule has 0 aromatic rings. The predicted molar refractivity (Wildman–Crippen MR) is 84.4 cm³/mol. The molecular formula is C16H32N2O3. The number of hydrogen-bond acceptors (Lipinski definition) is 5. The quantitative estimate of drug-likeness (QED) is 0.693. The first-order chi connectivity index (χ1) is 9.91. The Morgan fingerprint density at radius 3 is 2.67 bits per heavy atom. The third-order valence-electron chi connectivity index (χ3n) is 3.74. The van der Waals surface area contributed by atoms with Crippen molar-refractivity contribution in [3.63, 3.8) is 0 Å². The molecule has 1 N–H and O–H groups in total. The Kier molecular flexibility index (Phi) is 7.63. The van der Waals surface area contributed by atoms with E-state index >= 15 is 0 Å². The van der Waals surface area contributed by atoms with Crippen molar-refractivity contribution in [1.82, 2.24) is 10.2 Å². The maximum absolute atomic E-state index is 12.3. The van der Waals surface area contributed by atoms with Gasteiger partial charge in [0.25, 0.3) is 0 Å². The van der Waals surface area contributed by atoms with Gasteiger partial charge in [-0.1, -0.05) is 0 Å². The van der Waals surface area contributed by atoms with E-state index in [-0.39, 0.29) is 18.1 Å². The molecule has 124 valence electrons. The number of carbonyl (C=O) groups is 1. The number of rotatable bonds is 8. The van der Waals surface area contributed by atoms with Crippen molar-refractivity contribution >= 4 is 5.97 Å². The van der Waals surface area contributed by atoms with Crippen LogP contribution in [0.1, 0.15) is 47.5 Å². The second-order valence-electron chi connectivity index (χ2n) is 6.31. The standard InChI is InChI=1S/C16H32N2O3/c1-6-20-14-9-8-10-18(11-14)12-16(5,17-13(3)4)15(19)21-7-2/h13-14,17H,6-12H2,1-5H3. The maximum atomic E-state index is 12.3. The summed E-state index contributed by atoms with van der Waals surface area (Å²) in [4.78, 5) is 14.7. The molecule has 1 aliphatic rings. The number of nitrogens with one attached hydrogen (secondary N) is 1. The molecule has 2 atom stereocenters. The molecule has 21 heavy (non-hydrogen) atoms. The monoisotopic (exact) mass is 300 g/mol. The van der Waals surface area contributed by atoms with Gasteiger partial charge in [-0.15, -0.1) is 0 Å². The van der Waals surface area contributed by atoms with Crippen molar-refractivity contribution in [2.75, 3.05) is 32.8 Å². The highest BCUT2D eigenvalue weighted by atomic mass is 16.5. The zero-order valence-corrected chi connectivity index (χ0v) is 14.3. The van der Waals surface area contributed by atoms with Crippen molar-refractivity contribution in [2.45, 2.75) is 65.1 Å². The van der Waals surface area contributed by atoms with Crippen LogP contribution in [0, 0.1) is 0 Å². The molecule has 1 rings (SSSR count). The van der Waals surface area contributed by atoms with Crippen molar-refractivity contribution < 1.29 is 14.3 Å². The number of ether oxygens (including phenoxy) is 2. The molecule has 2 unspecified atom stereocenters. The SMILES string of the molecule is CCOC(=O)C(C)(CN1CCCC(OCC)C1)NC(C)C. The Hall–Kier alpha value is -0.650. The fourth-order valence-electron chi connectivity index (χ4n) is 3.07. The molecule has 0 aromatic heterocycles. The number of carbonyl (C=O) groups excluding carboxylic acids is 1. The average Bonchev–Trinajstić information content (AvgIpc) is 2.38. The maximum Gasteiger partial charge on any atom is 0.327 e. The summed E-state index contributed by atoms with van der Waals surface area (Å²) in [5.74, 6) is -0.169. The largest absolute Gasteiger partial charge is 0.465 e. The van der Waals surface area contributed by atoms with Gasteiger partial charge in [0, 0.05) is 25.7 Å². The van der Waals surface area contributed by atoms with E-state index in [1.54, 1.807) is 0 Å².